The summed E-state index contributed by atoms with van der Waals surface area (Å²) >= 11 is 0. The van der Waals surface area contributed by atoms with Crippen LogP contribution in [-0.2, 0) is 13.1 Å². The molecule has 0 atom stereocenters. The average molecular weight is 265 g/mol. The van der Waals surface area contributed by atoms with Gasteiger partial charge < -0.3 is 9.88 Å². The first-order chi connectivity index (χ1) is 9.79. The summed E-state index contributed by atoms with van der Waals surface area (Å²) in [6, 6.07) is 12.7. The number of nitrogens with zero attached hydrogens (tertiary/aromatic N) is 2. The van der Waals surface area contributed by atoms with Gasteiger partial charge in [-0.2, -0.15) is 0 Å². The van der Waals surface area contributed by atoms with Gasteiger partial charge in [-0.25, -0.2) is 0 Å². The van der Waals surface area contributed by atoms with E-state index in [0.29, 0.717) is 0 Å². The van der Waals surface area contributed by atoms with Crippen molar-refractivity contribution in [1.29, 1.82) is 0 Å². The lowest BCUT2D eigenvalue weighted by Gasteiger charge is -2.11. The van der Waals surface area contributed by atoms with E-state index in [1.807, 2.05) is 19.3 Å². The number of hydrogen-bond donors (Lipinski definition) is 1. The Morgan fingerprint density at radius 1 is 1.15 bits per heavy atom. The normalized spacial score (nSPS) is 11.1. The first-order valence-electron chi connectivity index (χ1n) is 6.91. The predicted octanol–water partition coefficient (Wildman–Crippen LogP) is 3.11. The maximum absolute atomic E-state index is 4.50. The van der Waals surface area contributed by atoms with Crippen LogP contribution in [-0.4, -0.2) is 16.6 Å². The molecule has 0 radical (unpaired) electrons. The zero-order valence-electron chi connectivity index (χ0n) is 11.9. The molecule has 20 heavy (non-hydrogen) atoms. The SMILES string of the molecule is CNCc1cccc2ccn(Cc3ncccc3C)c12. The van der Waals surface area contributed by atoms with Crippen molar-refractivity contribution in [3.8, 4) is 0 Å². The van der Waals surface area contributed by atoms with Gasteiger partial charge in [0.05, 0.1) is 17.8 Å². The number of aryl methyl sites for hydroxylation is 1. The lowest BCUT2D eigenvalue weighted by Crippen LogP contribution is -2.08. The van der Waals surface area contributed by atoms with Crippen LogP contribution in [0.1, 0.15) is 16.8 Å². The van der Waals surface area contributed by atoms with Gasteiger partial charge in [0.2, 0.25) is 0 Å². The Kier molecular flexibility index (Phi) is 3.52. The van der Waals surface area contributed by atoms with Crippen molar-refractivity contribution in [3.05, 3.63) is 65.6 Å². The fraction of sp³-hybridized carbons (Fsp3) is 0.235. The molecule has 3 rings (SSSR count). The highest BCUT2D eigenvalue weighted by Gasteiger charge is 2.08. The predicted molar refractivity (Wildman–Crippen MR) is 82.8 cm³/mol. The lowest BCUT2D eigenvalue weighted by atomic mass is 10.1. The van der Waals surface area contributed by atoms with E-state index < -0.39 is 0 Å². The van der Waals surface area contributed by atoms with E-state index in [1.54, 1.807) is 0 Å². The molecule has 0 saturated carbocycles. The van der Waals surface area contributed by atoms with Gasteiger partial charge >= 0.3 is 0 Å². The molecule has 0 amide bonds. The van der Waals surface area contributed by atoms with E-state index >= 15 is 0 Å². The molecule has 0 aliphatic carbocycles. The average Bonchev–Trinajstić information content (AvgIpc) is 2.86. The van der Waals surface area contributed by atoms with Gasteiger partial charge in [0.15, 0.2) is 0 Å². The number of benzene rings is 1. The number of hydrogen-bond acceptors (Lipinski definition) is 2. The molecule has 3 heteroatoms. The second kappa shape index (κ2) is 5.47. The molecule has 0 spiro atoms. The van der Waals surface area contributed by atoms with Gasteiger partial charge in [-0.1, -0.05) is 24.3 Å². The molecule has 1 N–H and O–H groups in total. The molecule has 2 heterocycles. The van der Waals surface area contributed by atoms with Crippen LogP contribution in [0.2, 0.25) is 0 Å². The Labute approximate surface area is 119 Å². The molecule has 0 saturated heterocycles. The smallest absolute Gasteiger partial charge is 0.0651 e. The van der Waals surface area contributed by atoms with Crippen LogP contribution in [0.25, 0.3) is 10.9 Å². The molecule has 0 unspecified atom stereocenters. The van der Waals surface area contributed by atoms with E-state index in [1.165, 1.54) is 22.0 Å². The minimum atomic E-state index is 0.816. The van der Waals surface area contributed by atoms with Gasteiger partial charge in [0, 0.05) is 18.9 Å². The molecular formula is C17H19N3. The standard InChI is InChI=1S/C17H19N3/c1-13-5-4-9-19-16(13)12-20-10-8-14-6-3-7-15(11-18-2)17(14)20/h3-10,18H,11-12H2,1-2H3. The lowest BCUT2D eigenvalue weighted by molar-refractivity contribution is 0.778. The van der Waals surface area contributed by atoms with Crippen molar-refractivity contribution >= 4 is 10.9 Å². The van der Waals surface area contributed by atoms with Gasteiger partial charge in [-0.15, -0.1) is 0 Å². The van der Waals surface area contributed by atoms with Gasteiger partial charge in [-0.3, -0.25) is 4.98 Å². The van der Waals surface area contributed by atoms with Crippen molar-refractivity contribution in [3.63, 3.8) is 0 Å². The third-order valence-electron chi connectivity index (χ3n) is 3.68. The first kappa shape index (κ1) is 12.9. The van der Waals surface area contributed by atoms with Crippen molar-refractivity contribution < 1.29 is 0 Å². The number of rotatable bonds is 4. The number of nitrogens with one attached hydrogen (secondary N) is 1. The molecule has 1 aromatic carbocycles. The van der Waals surface area contributed by atoms with Crippen LogP contribution >= 0.6 is 0 Å². The maximum Gasteiger partial charge on any atom is 0.0651 e. The zero-order chi connectivity index (χ0) is 13.9. The van der Waals surface area contributed by atoms with E-state index in [9.17, 15) is 0 Å². The van der Waals surface area contributed by atoms with Crippen LogP contribution in [0.15, 0.2) is 48.8 Å². The summed E-state index contributed by atoms with van der Waals surface area (Å²) in [6.45, 7) is 3.81. The minimum absolute atomic E-state index is 0.816. The summed E-state index contributed by atoms with van der Waals surface area (Å²) in [5.74, 6) is 0. The number of fused-ring (bicyclic) bond motifs is 1. The fourth-order valence-electron chi connectivity index (χ4n) is 2.65. The number of pyridine rings is 1. The van der Waals surface area contributed by atoms with Gasteiger partial charge in [0.25, 0.3) is 0 Å². The Hall–Kier alpha value is -2.13. The van der Waals surface area contributed by atoms with E-state index in [4.69, 9.17) is 0 Å². The van der Waals surface area contributed by atoms with Crippen molar-refractivity contribution in [2.75, 3.05) is 7.05 Å². The Bertz CT molecular complexity index is 728. The first-order valence-corrected chi connectivity index (χ1v) is 6.91. The molecule has 0 aliphatic rings. The summed E-state index contributed by atoms with van der Waals surface area (Å²) in [7, 11) is 1.98. The van der Waals surface area contributed by atoms with Gasteiger partial charge in [-0.05, 0) is 42.6 Å². The van der Waals surface area contributed by atoms with E-state index in [-0.39, 0.29) is 0 Å². The summed E-state index contributed by atoms with van der Waals surface area (Å²) in [4.78, 5) is 4.50. The zero-order valence-corrected chi connectivity index (χ0v) is 11.9. The minimum Gasteiger partial charge on any atom is -0.341 e. The van der Waals surface area contributed by atoms with Crippen LogP contribution < -0.4 is 5.32 Å². The maximum atomic E-state index is 4.50. The van der Waals surface area contributed by atoms with Crippen LogP contribution in [0.4, 0.5) is 0 Å². The highest BCUT2D eigenvalue weighted by Crippen LogP contribution is 2.21. The molecule has 0 fully saturated rings. The summed E-state index contributed by atoms with van der Waals surface area (Å²) in [5.41, 5.74) is 4.99. The third kappa shape index (κ3) is 2.32. The van der Waals surface area contributed by atoms with E-state index in [2.05, 4.69) is 58.3 Å². The Morgan fingerprint density at radius 3 is 2.85 bits per heavy atom. The largest absolute Gasteiger partial charge is 0.341 e. The van der Waals surface area contributed by atoms with Crippen molar-refractivity contribution in [1.82, 2.24) is 14.9 Å². The number of aromatic nitrogens is 2. The number of para-hydroxylation sites is 1. The Balaban J connectivity index is 2.06. The van der Waals surface area contributed by atoms with Crippen molar-refractivity contribution in [2.24, 2.45) is 0 Å². The third-order valence-corrected chi connectivity index (χ3v) is 3.68. The molecule has 3 aromatic rings. The summed E-state index contributed by atoms with van der Waals surface area (Å²) in [6.07, 6.45) is 4.01. The van der Waals surface area contributed by atoms with Gasteiger partial charge in [0.1, 0.15) is 0 Å². The second-order valence-electron chi connectivity index (χ2n) is 5.10. The molecule has 3 nitrogen and oxygen atoms in total. The topological polar surface area (TPSA) is 29.9 Å². The van der Waals surface area contributed by atoms with Crippen LogP contribution in [0, 0.1) is 6.92 Å². The highest BCUT2D eigenvalue weighted by molar-refractivity contribution is 5.83. The van der Waals surface area contributed by atoms with E-state index in [0.717, 1.165) is 18.8 Å². The summed E-state index contributed by atoms with van der Waals surface area (Å²) in [5, 5.41) is 4.52. The molecular weight excluding hydrogens is 246 g/mol. The molecule has 0 bridgehead atoms. The highest BCUT2D eigenvalue weighted by atomic mass is 15.0. The fourth-order valence-corrected chi connectivity index (χ4v) is 2.65. The monoisotopic (exact) mass is 265 g/mol. The molecule has 0 aliphatic heterocycles. The molecule has 102 valence electrons. The van der Waals surface area contributed by atoms with Crippen molar-refractivity contribution in [2.45, 2.75) is 20.0 Å². The van der Waals surface area contributed by atoms with Crippen LogP contribution in [0.5, 0.6) is 0 Å². The molecule has 2 aromatic heterocycles. The quantitative estimate of drug-likeness (QED) is 0.785. The Morgan fingerprint density at radius 2 is 2.05 bits per heavy atom. The van der Waals surface area contributed by atoms with Crippen LogP contribution in [0.3, 0.4) is 0 Å². The second-order valence-corrected chi connectivity index (χ2v) is 5.10. The summed E-state index contributed by atoms with van der Waals surface area (Å²) < 4.78 is 2.29.